The van der Waals surface area contributed by atoms with Gasteiger partial charge in [0.25, 0.3) is 0 Å². The Morgan fingerprint density at radius 1 is 0.486 bits per heavy atom. The third-order valence-electron chi connectivity index (χ3n) is 5.29. The highest BCUT2D eigenvalue weighted by Crippen LogP contribution is 2.74. The summed E-state index contributed by atoms with van der Waals surface area (Å²) in [7, 11) is -18.8. The van der Waals surface area contributed by atoms with E-state index in [-0.39, 0.29) is 14.7 Å². The molecule has 3 rings (SSSR count). The van der Waals surface area contributed by atoms with Crippen LogP contribution in [0.4, 0.5) is 26.3 Å². The fourth-order valence-electron chi connectivity index (χ4n) is 3.46. The lowest BCUT2D eigenvalue weighted by molar-refractivity contribution is -0.0505. The molecule has 5 nitrogen and oxygen atoms in total. The van der Waals surface area contributed by atoms with Gasteiger partial charge in [0.05, 0.1) is 0 Å². The summed E-state index contributed by atoms with van der Waals surface area (Å²) in [6.07, 6.45) is 0. The van der Waals surface area contributed by atoms with Gasteiger partial charge in [-0.2, -0.15) is 26.3 Å². The van der Waals surface area contributed by atoms with Gasteiger partial charge >= 0.3 is 31.1 Å². The first-order valence-corrected chi connectivity index (χ1v) is 14.8. The first kappa shape index (κ1) is 29.0. The van der Waals surface area contributed by atoms with E-state index in [1.54, 1.807) is 20.8 Å². The van der Waals surface area contributed by atoms with Crippen molar-refractivity contribution in [1.82, 2.24) is 3.12 Å². The number of nitrogens with zero attached hydrogens (tertiary/aromatic N) is 1. The summed E-state index contributed by atoms with van der Waals surface area (Å²) in [4.78, 5) is -1.11. The molecule has 0 radical (unpaired) electrons. The summed E-state index contributed by atoms with van der Waals surface area (Å²) >= 11 is 0. The summed E-state index contributed by atoms with van der Waals surface area (Å²) < 4.78 is 135. The van der Waals surface area contributed by atoms with Crippen molar-refractivity contribution in [3.63, 3.8) is 0 Å². The lowest BCUT2D eigenvalue weighted by atomic mass is 10.2. The number of aryl methyl sites for hydroxylation is 3. The van der Waals surface area contributed by atoms with Crippen LogP contribution in [0.3, 0.4) is 0 Å². The Hall–Kier alpha value is -2.55. The third-order valence-corrected chi connectivity index (χ3v) is 14.2. The van der Waals surface area contributed by atoms with Crippen molar-refractivity contribution in [3.05, 3.63) is 89.5 Å². The van der Waals surface area contributed by atoms with Crippen molar-refractivity contribution in [2.24, 2.45) is 0 Å². The average molecular weight is 586 g/mol. The highest BCUT2D eigenvalue weighted by molar-refractivity contribution is 8.41. The number of benzene rings is 3. The zero-order valence-corrected chi connectivity index (χ0v) is 22.0. The van der Waals surface area contributed by atoms with Gasteiger partial charge in [0, 0.05) is 14.7 Å². The largest absolute Gasteiger partial charge is 0.513 e. The van der Waals surface area contributed by atoms with Crippen molar-refractivity contribution in [2.75, 3.05) is 0 Å². The van der Waals surface area contributed by atoms with Gasteiger partial charge in [-0.25, -0.2) is 16.8 Å². The number of hydrogen-bond donors (Lipinski definition) is 0. The topological polar surface area (TPSA) is 71.5 Å². The van der Waals surface area contributed by atoms with E-state index in [4.69, 9.17) is 0 Å². The molecule has 0 saturated heterocycles. The molecule has 0 amide bonds. The van der Waals surface area contributed by atoms with Gasteiger partial charge in [-0.1, -0.05) is 63.3 Å². The Morgan fingerprint density at radius 2 is 0.703 bits per heavy atom. The standard InChI is InChI=1S/C23H21F6NO4S3/c1-16-4-10-19(11-5-16)35(20-12-6-17(2)7-13-20,21-14-8-18(3)9-15-21)30(36(31,32)22(24,25)26)37(33,34)23(27,28)29/h4-15H,1-3H3. The summed E-state index contributed by atoms with van der Waals surface area (Å²) in [6, 6.07) is 14.9. The van der Waals surface area contributed by atoms with Crippen LogP contribution in [-0.4, -0.2) is 31.0 Å². The van der Waals surface area contributed by atoms with E-state index in [1.165, 1.54) is 36.4 Å². The molecule has 0 saturated carbocycles. The molecule has 0 heterocycles. The molecule has 14 heteroatoms. The molecule has 202 valence electrons. The monoisotopic (exact) mass is 585 g/mol. The molecule has 37 heavy (non-hydrogen) atoms. The molecule has 0 unspecified atom stereocenters. The zero-order valence-electron chi connectivity index (χ0n) is 19.5. The number of halogens is 6. The molecule has 0 aromatic heterocycles. The normalized spacial score (nSPS) is 14.1. The minimum atomic E-state index is -7.15. The number of hydrogen-bond acceptors (Lipinski definition) is 4. The van der Waals surface area contributed by atoms with E-state index in [0.717, 1.165) is 36.4 Å². The Labute approximate surface area is 212 Å². The molecule has 0 bridgehead atoms. The SMILES string of the molecule is Cc1ccc(S(c2ccc(C)cc2)(c2ccc(C)cc2)N(S(=O)(=O)C(F)(F)F)S(=O)(=O)C(F)(F)F)cc1. The Morgan fingerprint density at radius 3 is 0.892 bits per heavy atom. The fourth-order valence-corrected chi connectivity index (χ4v) is 12.7. The molecule has 3 aromatic rings. The van der Waals surface area contributed by atoms with Crippen LogP contribution in [0.25, 0.3) is 0 Å². The van der Waals surface area contributed by atoms with Gasteiger partial charge in [-0.05, 0) is 60.3 Å². The van der Waals surface area contributed by atoms with Crippen molar-refractivity contribution in [1.29, 1.82) is 0 Å². The fraction of sp³-hybridized carbons (Fsp3) is 0.217. The summed E-state index contributed by atoms with van der Waals surface area (Å²) in [5.74, 6) is 0. The predicted molar refractivity (Wildman–Crippen MR) is 128 cm³/mol. The van der Waals surface area contributed by atoms with E-state index in [9.17, 15) is 43.2 Å². The molecule has 0 aliphatic rings. The van der Waals surface area contributed by atoms with Gasteiger partial charge in [-0.15, -0.1) is 0 Å². The number of sulfonamides is 2. The predicted octanol–water partition coefficient (Wildman–Crippen LogP) is 6.81. The zero-order chi connectivity index (χ0) is 28.0. The Kier molecular flexibility index (Phi) is 7.56. The van der Waals surface area contributed by atoms with E-state index >= 15 is 0 Å². The summed E-state index contributed by atoms with van der Waals surface area (Å²) in [6.45, 7) is 4.78. The Balaban J connectivity index is 2.73. The van der Waals surface area contributed by atoms with E-state index < -0.39 is 44.4 Å². The molecule has 0 fully saturated rings. The second kappa shape index (κ2) is 9.64. The molecular weight excluding hydrogens is 564 g/mol. The van der Waals surface area contributed by atoms with Crippen LogP contribution >= 0.6 is 10.2 Å². The minimum absolute atomic E-state index is 0.369. The molecule has 0 atom stereocenters. The van der Waals surface area contributed by atoms with Crippen LogP contribution in [0.1, 0.15) is 16.7 Å². The first-order valence-electron chi connectivity index (χ1n) is 10.3. The number of rotatable bonds is 6. The minimum Gasteiger partial charge on any atom is -0.201 e. The van der Waals surface area contributed by atoms with Gasteiger partial charge < -0.3 is 0 Å². The smallest absolute Gasteiger partial charge is 0.201 e. The van der Waals surface area contributed by atoms with Crippen LogP contribution in [0.15, 0.2) is 87.5 Å². The quantitative estimate of drug-likeness (QED) is 0.298. The van der Waals surface area contributed by atoms with Crippen LogP contribution < -0.4 is 0 Å². The second-order valence-corrected chi connectivity index (χ2v) is 15.3. The Bertz CT molecular complexity index is 1330. The van der Waals surface area contributed by atoms with E-state index in [1.807, 2.05) is 0 Å². The van der Waals surface area contributed by atoms with Crippen LogP contribution in [0.2, 0.25) is 0 Å². The summed E-state index contributed by atoms with van der Waals surface area (Å²) in [5.41, 5.74) is -11.1. The van der Waals surface area contributed by atoms with Gasteiger partial charge in [-0.3, -0.25) is 0 Å². The molecule has 0 aliphatic heterocycles. The molecule has 0 aliphatic carbocycles. The van der Waals surface area contributed by atoms with Crippen LogP contribution in [-0.2, 0) is 20.0 Å². The van der Waals surface area contributed by atoms with Gasteiger partial charge in [0.1, 0.15) is 0 Å². The van der Waals surface area contributed by atoms with Gasteiger partial charge in [0.2, 0.25) is 0 Å². The summed E-state index contributed by atoms with van der Waals surface area (Å²) in [5, 5.41) is 0. The lowest BCUT2D eigenvalue weighted by Gasteiger charge is -2.47. The third kappa shape index (κ3) is 4.99. The highest BCUT2D eigenvalue weighted by atomic mass is 32.4. The first-order chi connectivity index (χ1) is 16.9. The second-order valence-electron chi connectivity index (χ2n) is 8.08. The van der Waals surface area contributed by atoms with Gasteiger partial charge in [0.15, 0.2) is 0 Å². The van der Waals surface area contributed by atoms with Crippen molar-refractivity contribution < 1.29 is 43.2 Å². The molecule has 0 N–H and O–H groups in total. The van der Waals surface area contributed by atoms with Crippen molar-refractivity contribution >= 4 is 30.3 Å². The van der Waals surface area contributed by atoms with Crippen molar-refractivity contribution in [2.45, 2.75) is 46.5 Å². The maximum absolute atomic E-state index is 14.0. The van der Waals surface area contributed by atoms with E-state index in [2.05, 4.69) is 0 Å². The maximum Gasteiger partial charge on any atom is 0.513 e. The maximum atomic E-state index is 14.0. The van der Waals surface area contributed by atoms with Crippen LogP contribution in [0, 0.1) is 20.8 Å². The van der Waals surface area contributed by atoms with E-state index in [0.29, 0.717) is 16.7 Å². The van der Waals surface area contributed by atoms with Crippen molar-refractivity contribution in [3.8, 4) is 0 Å². The average Bonchev–Trinajstić information content (AvgIpc) is 2.77. The van der Waals surface area contributed by atoms with Crippen LogP contribution in [0.5, 0.6) is 0 Å². The number of alkyl halides is 6. The lowest BCUT2D eigenvalue weighted by Crippen LogP contribution is -2.50. The highest BCUT2D eigenvalue weighted by Gasteiger charge is 2.67. The molecule has 0 spiro atoms. The molecule has 3 aromatic carbocycles. The molecular formula is C23H21F6NO4S3.